The average Bonchev–Trinajstić information content (AvgIpc) is 3.49. The van der Waals surface area contributed by atoms with E-state index in [1.807, 2.05) is 0 Å². The fourth-order valence-corrected chi connectivity index (χ4v) is 4.48. The molecule has 2 atom stereocenters. The van der Waals surface area contributed by atoms with Crippen molar-refractivity contribution in [2.45, 2.75) is 31.5 Å². The quantitative estimate of drug-likeness (QED) is 0.271. The molecule has 1 aliphatic carbocycles. The summed E-state index contributed by atoms with van der Waals surface area (Å²) in [7, 11) is 0. The third kappa shape index (κ3) is 5.56. The predicted molar refractivity (Wildman–Crippen MR) is 131 cm³/mol. The summed E-state index contributed by atoms with van der Waals surface area (Å²) in [6, 6.07) is 11.3. The van der Waals surface area contributed by atoms with Crippen molar-refractivity contribution >= 4 is 23.4 Å². The Balaban J connectivity index is 1.35. The van der Waals surface area contributed by atoms with Gasteiger partial charge in [0.15, 0.2) is 5.65 Å². The first-order valence-electron chi connectivity index (χ1n) is 11.8. The number of ether oxygens (including phenoxy) is 1. The highest BCUT2D eigenvalue weighted by Gasteiger charge is 2.34. The highest BCUT2D eigenvalue weighted by molar-refractivity contribution is 5.98. The lowest BCUT2D eigenvalue weighted by Gasteiger charge is -2.18. The van der Waals surface area contributed by atoms with Crippen LogP contribution in [-0.2, 0) is 13.0 Å². The number of carboxylic acids is 1. The summed E-state index contributed by atoms with van der Waals surface area (Å²) in [6.45, 7) is -0.148. The number of fused-ring (bicyclic) bond motifs is 2. The van der Waals surface area contributed by atoms with E-state index in [1.54, 1.807) is 0 Å². The molecule has 0 bridgehead atoms. The molecule has 11 nitrogen and oxygen atoms in total. The van der Waals surface area contributed by atoms with Crippen LogP contribution in [0.15, 0.2) is 60.8 Å². The Morgan fingerprint density at radius 1 is 1.07 bits per heavy atom. The topological polar surface area (TPSA) is 155 Å². The highest BCUT2D eigenvalue weighted by atomic mass is 19.4. The summed E-state index contributed by atoms with van der Waals surface area (Å²) in [5, 5.41) is 29.1. The zero-order valence-corrected chi connectivity index (χ0v) is 20.3. The second-order valence-electron chi connectivity index (χ2n) is 8.95. The number of aliphatic hydroxyl groups excluding tert-OH is 1. The number of aromatic nitrogens is 3. The van der Waals surface area contributed by atoms with Crippen LogP contribution < -0.4 is 15.4 Å². The molecule has 40 heavy (non-hydrogen) atoms. The molecule has 2 heterocycles. The van der Waals surface area contributed by atoms with Crippen LogP contribution in [-0.4, -0.2) is 55.1 Å². The summed E-state index contributed by atoms with van der Waals surface area (Å²) in [6.07, 6.45) is -4.36. The molecular formula is C26H20F3N5O6. The Hall–Kier alpha value is -4.98. The molecule has 0 saturated heterocycles. The van der Waals surface area contributed by atoms with Gasteiger partial charge < -0.3 is 25.6 Å². The highest BCUT2D eigenvalue weighted by Crippen LogP contribution is 2.32. The lowest BCUT2D eigenvalue weighted by molar-refractivity contribution is -0.274. The number of hydrogen-bond donors (Lipinski definition) is 4. The van der Waals surface area contributed by atoms with Gasteiger partial charge in [-0.25, -0.2) is 14.3 Å². The van der Waals surface area contributed by atoms with E-state index in [9.17, 15) is 37.8 Å². The number of rotatable bonds is 7. The summed E-state index contributed by atoms with van der Waals surface area (Å²) in [5.41, 5.74) is 1.49. The minimum Gasteiger partial charge on any atom is -0.478 e. The van der Waals surface area contributed by atoms with Gasteiger partial charge in [-0.2, -0.15) is 5.10 Å². The second kappa shape index (κ2) is 10.3. The molecule has 5 rings (SSSR count). The minimum atomic E-state index is -4.86. The molecule has 0 unspecified atom stereocenters. The lowest BCUT2D eigenvalue weighted by atomic mass is 10.0. The molecular weight excluding hydrogens is 535 g/mol. The molecule has 0 aliphatic heterocycles. The molecule has 2 aromatic carbocycles. The van der Waals surface area contributed by atoms with Gasteiger partial charge in [0.05, 0.1) is 23.9 Å². The number of nitrogens with zero attached hydrogens (tertiary/aromatic N) is 3. The molecule has 2 amide bonds. The van der Waals surface area contributed by atoms with Gasteiger partial charge in [0, 0.05) is 25.1 Å². The Morgan fingerprint density at radius 2 is 1.88 bits per heavy atom. The normalized spacial score (nSPS) is 16.4. The van der Waals surface area contributed by atoms with Crippen molar-refractivity contribution in [2.24, 2.45) is 0 Å². The molecule has 2 aromatic heterocycles. The van der Waals surface area contributed by atoms with Gasteiger partial charge in [-0.15, -0.1) is 13.2 Å². The van der Waals surface area contributed by atoms with Crippen molar-refractivity contribution in [1.82, 2.24) is 25.2 Å². The van der Waals surface area contributed by atoms with Crippen LogP contribution in [0.1, 0.15) is 54.1 Å². The van der Waals surface area contributed by atoms with Gasteiger partial charge in [-0.05, 0) is 41.0 Å². The monoisotopic (exact) mass is 555 g/mol. The van der Waals surface area contributed by atoms with Crippen LogP contribution in [0, 0.1) is 0 Å². The zero-order chi connectivity index (χ0) is 28.6. The number of nitrogens with one attached hydrogen (secondary N) is 2. The smallest absolute Gasteiger partial charge is 0.478 e. The Labute approximate surface area is 223 Å². The van der Waals surface area contributed by atoms with Gasteiger partial charge in [0.1, 0.15) is 17.1 Å². The number of aliphatic hydroxyl groups is 1. The largest absolute Gasteiger partial charge is 0.573 e. The molecule has 0 radical (unpaired) electrons. The lowest BCUT2D eigenvalue weighted by Crippen LogP contribution is -2.35. The van der Waals surface area contributed by atoms with Crippen molar-refractivity contribution in [3.05, 3.63) is 94.4 Å². The first kappa shape index (κ1) is 26.6. The molecule has 0 spiro atoms. The fraction of sp³-hybridized carbons (Fsp3) is 0.192. The maximum absolute atomic E-state index is 13.3. The first-order chi connectivity index (χ1) is 19.0. The maximum atomic E-state index is 13.3. The standard InChI is InChI=1S/C26H20F3N5O6/c27-26(28,29)40-16-3-1-2-13(8-16)12-30-23(36)18-11-19(34-21(32-18)6-7-31-34)24(37)33-22-17-5-4-14(25(38)39)9-15(17)10-20(22)35/h1-9,11,20,22,35H,10,12H2,(H,30,36)(H,33,37)(H,38,39)/t20-,22+/m0/s1. The van der Waals surface area contributed by atoms with Crippen molar-refractivity contribution < 1.29 is 42.5 Å². The number of halogens is 3. The van der Waals surface area contributed by atoms with E-state index in [0.29, 0.717) is 16.7 Å². The van der Waals surface area contributed by atoms with E-state index in [2.05, 4.69) is 25.5 Å². The van der Waals surface area contributed by atoms with Gasteiger partial charge in [-0.1, -0.05) is 18.2 Å². The van der Waals surface area contributed by atoms with Crippen LogP contribution in [0.2, 0.25) is 0 Å². The van der Waals surface area contributed by atoms with Gasteiger partial charge >= 0.3 is 12.3 Å². The van der Waals surface area contributed by atoms with Crippen LogP contribution in [0.4, 0.5) is 13.2 Å². The first-order valence-corrected chi connectivity index (χ1v) is 11.8. The van der Waals surface area contributed by atoms with Gasteiger partial charge in [0.25, 0.3) is 11.8 Å². The summed E-state index contributed by atoms with van der Waals surface area (Å²) in [5.74, 6) is -2.93. The molecule has 4 N–H and O–H groups in total. The number of amides is 2. The number of carboxylic acid groups (broad SMARTS) is 1. The third-order valence-corrected chi connectivity index (χ3v) is 6.24. The molecule has 14 heteroatoms. The Morgan fingerprint density at radius 3 is 2.62 bits per heavy atom. The maximum Gasteiger partial charge on any atom is 0.573 e. The van der Waals surface area contributed by atoms with Crippen LogP contribution in [0.3, 0.4) is 0 Å². The van der Waals surface area contributed by atoms with Crippen molar-refractivity contribution in [3.8, 4) is 5.75 Å². The van der Waals surface area contributed by atoms with E-state index < -0.39 is 42.0 Å². The van der Waals surface area contributed by atoms with Crippen molar-refractivity contribution in [1.29, 1.82) is 0 Å². The van der Waals surface area contributed by atoms with E-state index in [4.69, 9.17) is 0 Å². The summed E-state index contributed by atoms with van der Waals surface area (Å²) < 4.78 is 42.6. The van der Waals surface area contributed by atoms with E-state index in [1.165, 1.54) is 53.2 Å². The number of aromatic carboxylic acids is 1. The predicted octanol–water partition coefficient (Wildman–Crippen LogP) is 2.64. The molecule has 0 fully saturated rings. The fourth-order valence-electron chi connectivity index (χ4n) is 4.48. The molecule has 206 valence electrons. The Kier molecular flexibility index (Phi) is 6.85. The number of alkyl halides is 3. The SMILES string of the molecule is O=C(O)c1ccc2c(c1)C[C@H](O)[C@@H]2NC(=O)c1cc(C(=O)NCc2cccc(OC(F)(F)F)c2)nc2ccnn12. The minimum absolute atomic E-state index is 0.0561. The van der Waals surface area contributed by atoms with Crippen LogP contribution in [0.5, 0.6) is 5.75 Å². The number of carbonyl (C=O) groups excluding carboxylic acids is 2. The van der Waals surface area contributed by atoms with Crippen LogP contribution in [0.25, 0.3) is 5.65 Å². The second-order valence-corrected chi connectivity index (χ2v) is 8.95. The van der Waals surface area contributed by atoms with E-state index in [-0.39, 0.29) is 35.6 Å². The van der Waals surface area contributed by atoms with Crippen LogP contribution >= 0.6 is 0 Å². The third-order valence-electron chi connectivity index (χ3n) is 6.24. The zero-order valence-electron chi connectivity index (χ0n) is 20.3. The molecule has 0 saturated carbocycles. The Bertz CT molecular complexity index is 1640. The molecule has 4 aromatic rings. The average molecular weight is 555 g/mol. The number of hydrogen-bond acceptors (Lipinski definition) is 7. The van der Waals surface area contributed by atoms with Gasteiger partial charge in [0.2, 0.25) is 0 Å². The summed E-state index contributed by atoms with van der Waals surface area (Å²) >= 11 is 0. The van der Waals surface area contributed by atoms with Gasteiger partial charge in [-0.3, -0.25) is 9.59 Å². The number of benzene rings is 2. The van der Waals surface area contributed by atoms with Crippen molar-refractivity contribution in [2.75, 3.05) is 0 Å². The van der Waals surface area contributed by atoms with E-state index >= 15 is 0 Å². The summed E-state index contributed by atoms with van der Waals surface area (Å²) in [4.78, 5) is 41.7. The number of carbonyl (C=O) groups is 3. The van der Waals surface area contributed by atoms with Crippen molar-refractivity contribution in [3.63, 3.8) is 0 Å². The molecule has 1 aliphatic rings. The van der Waals surface area contributed by atoms with E-state index in [0.717, 1.165) is 12.1 Å².